The van der Waals surface area contributed by atoms with Crippen LogP contribution in [0.1, 0.15) is 22.7 Å². The number of aliphatic hydroxyl groups is 1. The Labute approximate surface area is 264 Å². The molecule has 5 aromatic rings. The lowest BCUT2D eigenvalue weighted by atomic mass is 9.95. The Bertz CT molecular complexity index is 1880. The number of nitrogens with zero attached hydrogens (tertiary/aromatic N) is 3. The minimum atomic E-state index is -0.926. The maximum Gasteiger partial charge on any atom is 0.301 e. The van der Waals surface area contributed by atoms with Gasteiger partial charge in [0.25, 0.3) is 5.78 Å². The SMILES string of the molecule is COc1ccc(C(O)=C2C(=O)C(=O)N(c3nnc(SCc4cccc5ccccc45)s3)[C@H]2c2ccc(Br)cc2)cc1OC. The summed E-state index contributed by atoms with van der Waals surface area (Å²) >= 11 is 6.18. The molecule has 0 saturated carbocycles. The van der Waals surface area contributed by atoms with Crippen molar-refractivity contribution in [1.82, 2.24) is 10.2 Å². The largest absolute Gasteiger partial charge is 0.507 e. The number of hydrogen-bond acceptors (Lipinski definition) is 9. The van der Waals surface area contributed by atoms with Crippen molar-refractivity contribution >= 4 is 72.4 Å². The van der Waals surface area contributed by atoms with Gasteiger partial charge >= 0.3 is 5.91 Å². The number of ether oxygens (including phenoxy) is 2. The third kappa shape index (κ3) is 5.51. The number of benzene rings is 4. The van der Waals surface area contributed by atoms with Crippen molar-refractivity contribution in [3.05, 3.63) is 112 Å². The van der Waals surface area contributed by atoms with Crippen LogP contribution in [-0.2, 0) is 15.3 Å². The predicted molar refractivity (Wildman–Crippen MR) is 172 cm³/mol. The summed E-state index contributed by atoms with van der Waals surface area (Å²) in [5.41, 5.74) is 2.04. The Morgan fingerprint density at radius 3 is 2.47 bits per heavy atom. The number of ketones is 1. The number of fused-ring (bicyclic) bond motifs is 1. The highest BCUT2D eigenvalue weighted by Crippen LogP contribution is 2.45. The van der Waals surface area contributed by atoms with Crippen molar-refractivity contribution in [1.29, 1.82) is 0 Å². The average molecular weight is 675 g/mol. The molecule has 0 spiro atoms. The number of Topliss-reactive ketones (excluding diaryl/α,β-unsaturated/α-hetero) is 1. The summed E-state index contributed by atoms with van der Waals surface area (Å²) < 4.78 is 12.2. The van der Waals surface area contributed by atoms with Crippen molar-refractivity contribution in [2.45, 2.75) is 16.1 Å². The quantitative estimate of drug-likeness (QED) is 0.0598. The molecule has 6 rings (SSSR count). The molecule has 1 aromatic heterocycles. The van der Waals surface area contributed by atoms with E-state index in [1.54, 1.807) is 30.3 Å². The van der Waals surface area contributed by atoms with E-state index in [2.05, 4.69) is 50.4 Å². The van der Waals surface area contributed by atoms with Gasteiger partial charge in [0.1, 0.15) is 5.76 Å². The molecular weight excluding hydrogens is 650 g/mol. The first-order valence-corrected chi connectivity index (χ1v) is 15.7. The van der Waals surface area contributed by atoms with Gasteiger partial charge in [-0.05, 0) is 52.2 Å². The molecule has 1 atom stereocenters. The molecule has 11 heteroatoms. The third-order valence-electron chi connectivity index (χ3n) is 7.12. The summed E-state index contributed by atoms with van der Waals surface area (Å²) in [6, 6.07) is 25.5. The summed E-state index contributed by atoms with van der Waals surface area (Å²) in [5.74, 6) is -0.448. The summed E-state index contributed by atoms with van der Waals surface area (Å²) in [5, 5.41) is 22.7. The number of amides is 1. The summed E-state index contributed by atoms with van der Waals surface area (Å²) in [4.78, 5) is 28.4. The number of carbonyl (C=O) groups excluding carboxylic acids is 2. The van der Waals surface area contributed by atoms with Gasteiger partial charge in [0.2, 0.25) is 5.13 Å². The Hall–Kier alpha value is -4.19. The van der Waals surface area contributed by atoms with Crippen molar-refractivity contribution in [3.63, 3.8) is 0 Å². The Morgan fingerprint density at radius 2 is 1.70 bits per heavy atom. The second-order valence-electron chi connectivity index (χ2n) is 9.57. The van der Waals surface area contributed by atoms with E-state index >= 15 is 0 Å². The number of halogens is 1. The normalized spacial score (nSPS) is 16.2. The Kier molecular flexibility index (Phi) is 8.20. The van der Waals surface area contributed by atoms with Crippen LogP contribution in [0.4, 0.5) is 5.13 Å². The molecule has 0 aliphatic carbocycles. The Morgan fingerprint density at radius 1 is 0.953 bits per heavy atom. The highest BCUT2D eigenvalue weighted by atomic mass is 79.9. The molecule has 0 radical (unpaired) electrons. The van der Waals surface area contributed by atoms with Crippen molar-refractivity contribution in [3.8, 4) is 11.5 Å². The molecule has 1 aliphatic heterocycles. The van der Waals surface area contributed by atoms with E-state index in [0.717, 1.165) is 15.4 Å². The van der Waals surface area contributed by atoms with E-state index < -0.39 is 17.7 Å². The second kappa shape index (κ2) is 12.2. The first-order chi connectivity index (χ1) is 20.9. The number of thioether (sulfide) groups is 1. The first kappa shape index (κ1) is 28.9. The van der Waals surface area contributed by atoms with E-state index in [-0.39, 0.29) is 16.5 Å². The van der Waals surface area contributed by atoms with Crippen molar-refractivity contribution in [2.24, 2.45) is 0 Å². The fourth-order valence-corrected chi connectivity index (χ4v) is 7.18. The van der Waals surface area contributed by atoms with E-state index in [4.69, 9.17) is 9.47 Å². The molecule has 0 unspecified atom stereocenters. The fraction of sp³-hybridized carbons (Fsp3) is 0.125. The van der Waals surface area contributed by atoms with Crippen LogP contribution < -0.4 is 14.4 Å². The highest BCUT2D eigenvalue weighted by molar-refractivity contribution is 9.10. The number of anilines is 1. The van der Waals surface area contributed by atoms with Gasteiger partial charge in [-0.2, -0.15) is 0 Å². The van der Waals surface area contributed by atoms with Gasteiger partial charge in [0.15, 0.2) is 15.8 Å². The second-order valence-corrected chi connectivity index (χ2v) is 12.7. The van der Waals surface area contributed by atoms with Crippen LogP contribution in [0.25, 0.3) is 16.5 Å². The summed E-state index contributed by atoms with van der Waals surface area (Å²) in [7, 11) is 2.99. The number of carbonyl (C=O) groups is 2. The third-order valence-corrected chi connectivity index (χ3v) is 9.75. The minimum absolute atomic E-state index is 0.0558. The molecule has 216 valence electrons. The van der Waals surface area contributed by atoms with Gasteiger partial charge < -0.3 is 14.6 Å². The molecule has 1 fully saturated rings. The van der Waals surface area contributed by atoms with Gasteiger partial charge in [-0.3, -0.25) is 14.5 Å². The van der Waals surface area contributed by atoms with Crippen LogP contribution >= 0.6 is 39.0 Å². The fourth-order valence-electron chi connectivity index (χ4n) is 5.05. The first-order valence-electron chi connectivity index (χ1n) is 13.1. The van der Waals surface area contributed by atoms with E-state index in [1.165, 1.54) is 47.6 Å². The average Bonchev–Trinajstić information content (AvgIpc) is 3.61. The Balaban J connectivity index is 1.38. The van der Waals surface area contributed by atoms with Gasteiger partial charge in [0, 0.05) is 15.8 Å². The maximum atomic E-state index is 13.6. The lowest BCUT2D eigenvalue weighted by Gasteiger charge is -2.22. The molecule has 0 bridgehead atoms. The molecule has 1 N–H and O–H groups in total. The lowest BCUT2D eigenvalue weighted by molar-refractivity contribution is -0.132. The topological polar surface area (TPSA) is 102 Å². The summed E-state index contributed by atoms with van der Waals surface area (Å²) in [6.45, 7) is 0. The van der Waals surface area contributed by atoms with Crippen LogP contribution in [-0.4, -0.2) is 41.2 Å². The van der Waals surface area contributed by atoms with E-state index in [9.17, 15) is 14.7 Å². The number of hydrogen-bond donors (Lipinski definition) is 1. The number of aromatic nitrogens is 2. The molecule has 2 heterocycles. The molecule has 8 nitrogen and oxygen atoms in total. The van der Waals surface area contributed by atoms with Crippen LogP contribution in [0.2, 0.25) is 0 Å². The highest BCUT2D eigenvalue weighted by Gasteiger charge is 2.48. The molecule has 1 saturated heterocycles. The zero-order valence-electron chi connectivity index (χ0n) is 23.0. The van der Waals surface area contributed by atoms with Gasteiger partial charge in [-0.1, -0.05) is 93.6 Å². The molecule has 1 amide bonds. The number of rotatable bonds is 8. The summed E-state index contributed by atoms with van der Waals surface area (Å²) in [6.07, 6.45) is 0. The van der Waals surface area contributed by atoms with Crippen LogP contribution in [0, 0.1) is 0 Å². The predicted octanol–water partition coefficient (Wildman–Crippen LogP) is 7.39. The zero-order chi connectivity index (χ0) is 30.1. The smallest absolute Gasteiger partial charge is 0.301 e. The molecule has 1 aliphatic rings. The van der Waals surface area contributed by atoms with E-state index in [0.29, 0.717) is 32.7 Å². The number of methoxy groups -OCH3 is 2. The van der Waals surface area contributed by atoms with Crippen molar-refractivity contribution in [2.75, 3.05) is 19.1 Å². The van der Waals surface area contributed by atoms with E-state index in [1.807, 2.05) is 30.3 Å². The lowest BCUT2D eigenvalue weighted by Crippen LogP contribution is -2.29. The van der Waals surface area contributed by atoms with Crippen molar-refractivity contribution < 1.29 is 24.2 Å². The van der Waals surface area contributed by atoms with Gasteiger partial charge in [-0.15, -0.1) is 10.2 Å². The molecule has 43 heavy (non-hydrogen) atoms. The molecule has 4 aromatic carbocycles. The van der Waals surface area contributed by atoms with Crippen LogP contribution in [0.15, 0.2) is 99.3 Å². The van der Waals surface area contributed by atoms with Crippen LogP contribution in [0.5, 0.6) is 11.5 Å². The van der Waals surface area contributed by atoms with Crippen LogP contribution in [0.3, 0.4) is 0 Å². The maximum absolute atomic E-state index is 13.6. The van der Waals surface area contributed by atoms with Gasteiger partial charge in [0.05, 0.1) is 25.8 Å². The molecular formula is C32H24BrN3O5S2. The number of aliphatic hydroxyl groups excluding tert-OH is 1. The van der Waals surface area contributed by atoms with Gasteiger partial charge in [-0.25, -0.2) is 0 Å². The zero-order valence-corrected chi connectivity index (χ0v) is 26.2. The monoisotopic (exact) mass is 673 g/mol. The standard InChI is InChI=1S/C32H24BrN3O5S2/c1-40-24-15-12-20(16-25(24)41-2)28(37)26-27(19-10-13-22(33)14-11-19)36(30(39)29(26)38)31-34-35-32(43-31)42-17-21-8-5-7-18-6-3-4-9-23(18)21/h3-16,27,37H,17H2,1-2H3/t27-/m0/s1. The minimum Gasteiger partial charge on any atom is -0.507 e.